The van der Waals surface area contributed by atoms with Crippen LogP contribution in [-0.2, 0) is 19.5 Å². The van der Waals surface area contributed by atoms with Crippen LogP contribution in [-0.4, -0.2) is 40.4 Å². The first kappa shape index (κ1) is 19.9. The number of unbranched alkanes of at least 4 members (excludes halogenated alkanes) is 1. The Morgan fingerprint density at radius 2 is 1.94 bits per heavy atom. The third-order valence-electron chi connectivity index (χ3n) is 6.55. The van der Waals surface area contributed by atoms with Crippen molar-refractivity contribution < 1.29 is 9.53 Å². The number of ketones is 1. The van der Waals surface area contributed by atoms with Gasteiger partial charge in [-0.05, 0) is 62.6 Å². The minimum atomic E-state index is 0.134. The maximum Gasteiger partial charge on any atom is 0.161 e. The molecule has 0 saturated carbocycles. The highest BCUT2D eigenvalue weighted by molar-refractivity contribution is 6.06. The van der Waals surface area contributed by atoms with Gasteiger partial charge >= 0.3 is 0 Å². The minimum absolute atomic E-state index is 0.134. The van der Waals surface area contributed by atoms with E-state index in [1.807, 2.05) is 30.5 Å². The molecule has 1 aliphatic rings. The van der Waals surface area contributed by atoms with Gasteiger partial charge in [0.15, 0.2) is 5.78 Å². The molecule has 160 valence electrons. The summed E-state index contributed by atoms with van der Waals surface area (Å²) >= 11 is 0. The van der Waals surface area contributed by atoms with Gasteiger partial charge in [-0.2, -0.15) is 0 Å². The molecule has 2 aromatic carbocycles. The number of H-pyrrole nitrogens is 1. The normalized spacial score (nSPS) is 14.3. The van der Waals surface area contributed by atoms with Gasteiger partial charge in [0, 0.05) is 58.9 Å². The zero-order chi connectivity index (χ0) is 21.4. The Kier molecular flexibility index (Phi) is 5.28. The van der Waals surface area contributed by atoms with Crippen LogP contribution in [0.3, 0.4) is 0 Å². The summed E-state index contributed by atoms with van der Waals surface area (Å²) in [7, 11) is 1.72. The lowest BCUT2D eigenvalue weighted by Gasteiger charge is -2.27. The van der Waals surface area contributed by atoms with Gasteiger partial charge in [-0.1, -0.05) is 18.2 Å². The van der Waals surface area contributed by atoms with Gasteiger partial charge in [0.05, 0.1) is 7.11 Å². The maximum atomic E-state index is 12.0. The number of methoxy groups -OCH3 is 1. The fraction of sp³-hybridized carbons (Fsp3) is 0.346. The fourth-order valence-corrected chi connectivity index (χ4v) is 4.92. The maximum absolute atomic E-state index is 12.0. The van der Waals surface area contributed by atoms with Gasteiger partial charge in [0.1, 0.15) is 5.75 Å². The molecule has 0 radical (unpaired) electrons. The van der Waals surface area contributed by atoms with E-state index < -0.39 is 0 Å². The number of aryl methyl sites for hydroxylation is 1. The van der Waals surface area contributed by atoms with Crippen molar-refractivity contribution in [2.24, 2.45) is 0 Å². The first-order valence-corrected chi connectivity index (χ1v) is 11.1. The van der Waals surface area contributed by atoms with E-state index in [2.05, 4.69) is 32.7 Å². The lowest BCUT2D eigenvalue weighted by atomic mass is 10.0. The van der Waals surface area contributed by atoms with Crippen LogP contribution in [0.1, 0.15) is 41.4 Å². The number of nitrogens with one attached hydrogen (secondary N) is 1. The second-order valence-electron chi connectivity index (χ2n) is 8.54. The molecule has 5 rings (SSSR count). The van der Waals surface area contributed by atoms with E-state index in [1.54, 1.807) is 14.0 Å². The van der Waals surface area contributed by atoms with Crippen molar-refractivity contribution in [3.05, 3.63) is 65.5 Å². The summed E-state index contributed by atoms with van der Waals surface area (Å²) in [4.78, 5) is 18.1. The van der Waals surface area contributed by atoms with Crippen molar-refractivity contribution in [3.8, 4) is 5.75 Å². The number of aromatic amines is 1. The van der Waals surface area contributed by atoms with Crippen LogP contribution in [0.15, 0.2) is 48.7 Å². The Labute approximate surface area is 182 Å². The van der Waals surface area contributed by atoms with Gasteiger partial charge in [-0.3, -0.25) is 9.69 Å². The van der Waals surface area contributed by atoms with Crippen LogP contribution in [0.4, 0.5) is 0 Å². The average molecular weight is 416 g/mol. The predicted octanol–water partition coefficient (Wildman–Crippen LogP) is 5.17. The third kappa shape index (κ3) is 3.74. The average Bonchev–Trinajstić information content (AvgIpc) is 3.34. The van der Waals surface area contributed by atoms with E-state index >= 15 is 0 Å². The molecule has 0 aliphatic carbocycles. The van der Waals surface area contributed by atoms with E-state index in [0.717, 1.165) is 67.7 Å². The number of ether oxygens (including phenoxy) is 1. The van der Waals surface area contributed by atoms with E-state index in [9.17, 15) is 4.79 Å². The third-order valence-corrected chi connectivity index (χ3v) is 6.55. The molecule has 5 heteroatoms. The lowest BCUT2D eigenvalue weighted by molar-refractivity contribution is 0.101. The molecule has 0 fully saturated rings. The molecule has 3 heterocycles. The molecule has 4 aromatic rings. The van der Waals surface area contributed by atoms with Crippen molar-refractivity contribution in [2.45, 2.75) is 39.3 Å². The Hall–Kier alpha value is -3.05. The summed E-state index contributed by atoms with van der Waals surface area (Å²) in [6.45, 7) is 5.76. The Bertz CT molecular complexity index is 1250. The first-order chi connectivity index (χ1) is 15.1. The number of para-hydroxylation sites is 1. The molecule has 0 unspecified atom stereocenters. The first-order valence-electron chi connectivity index (χ1n) is 11.1. The number of aromatic nitrogens is 2. The van der Waals surface area contributed by atoms with Crippen molar-refractivity contribution in [2.75, 3.05) is 20.2 Å². The zero-order valence-corrected chi connectivity index (χ0v) is 18.3. The highest BCUT2D eigenvalue weighted by atomic mass is 16.5. The highest BCUT2D eigenvalue weighted by Crippen LogP contribution is 2.30. The zero-order valence-electron chi connectivity index (χ0n) is 18.3. The van der Waals surface area contributed by atoms with Crippen LogP contribution < -0.4 is 4.74 Å². The van der Waals surface area contributed by atoms with Crippen molar-refractivity contribution in [3.63, 3.8) is 0 Å². The summed E-state index contributed by atoms with van der Waals surface area (Å²) in [5.74, 6) is 1.05. The minimum Gasteiger partial charge on any atom is -0.497 e. The van der Waals surface area contributed by atoms with Crippen LogP contribution in [0.2, 0.25) is 0 Å². The number of fused-ring (bicyclic) bond motifs is 4. The number of hydrogen-bond acceptors (Lipinski definition) is 3. The predicted molar refractivity (Wildman–Crippen MR) is 125 cm³/mol. The quantitative estimate of drug-likeness (QED) is 0.335. The summed E-state index contributed by atoms with van der Waals surface area (Å²) in [5, 5.41) is 2.36. The van der Waals surface area contributed by atoms with Crippen molar-refractivity contribution in [1.82, 2.24) is 14.5 Å². The van der Waals surface area contributed by atoms with E-state index in [1.165, 1.54) is 22.2 Å². The Morgan fingerprint density at radius 3 is 2.77 bits per heavy atom. The second-order valence-corrected chi connectivity index (χ2v) is 8.54. The van der Waals surface area contributed by atoms with Crippen molar-refractivity contribution >= 4 is 27.6 Å². The monoisotopic (exact) mass is 415 g/mol. The smallest absolute Gasteiger partial charge is 0.161 e. The van der Waals surface area contributed by atoms with E-state index in [0.29, 0.717) is 0 Å². The number of carbonyl (C=O) groups excluding carboxylic acids is 1. The highest BCUT2D eigenvalue weighted by Gasteiger charge is 2.20. The molecule has 0 bridgehead atoms. The number of nitrogens with zero attached hydrogens (tertiary/aromatic N) is 2. The molecule has 5 nitrogen and oxygen atoms in total. The van der Waals surface area contributed by atoms with Gasteiger partial charge in [-0.15, -0.1) is 0 Å². The topological polar surface area (TPSA) is 50.3 Å². The van der Waals surface area contributed by atoms with Gasteiger partial charge in [0.2, 0.25) is 0 Å². The van der Waals surface area contributed by atoms with Crippen LogP contribution >= 0.6 is 0 Å². The molecular weight excluding hydrogens is 386 g/mol. The number of Topliss-reactive ketones (excluding diaryl/α,β-unsaturated/α-hetero) is 1. The van der Waals surface area contributed by atoms with Crippen molar-refractivity contribution in [1.29, 1.82) is 0 Å². The molecular formula is C26H29N3O2. The number of hydrogen-bond donors (Lipinski definition) is 1. The molecule has 0 spiro atoms. The molecule has 0 saturated heterocycles. The molecule has 1 N–H and O–H groups in total. The number of carbonyl (C=O) groups is 1. The number of rotatable bonds is 7. The molecule has 1 aliphatic heterocycles. The molecule has 2 aromatic heterocycles. The summed E-state index contributed by atoms with van der Waals surface area (Å²) in [6.07, 6.45) is 5.35. The van der Waals surface area contributed by atoms with Crippen LogP contribution in [0.25, 0.3) is 21.8 Å². The summed E-state index contributed by atoms with van der Waals surface area (Å²) in [5.41, 5.74) is 5.98. The van der Waals surface area contributed by atoms with E-state index in [4.69, 9.17) is 4.74 Å². The number of benzene rings is 2. The Balaban J connectivity index is 1.21. The van der Waals surface area contributed by atoms with Gasteiger partial charge in [-0.25, -0.2) is 0 Å². The second kappa shape index (κ2) is 8.23. The SMILES string of the molecule is COc1ccc2[nH]c3c(c2c1)CCN(CCCCn1cc(C(C)=O)c2ccccc21)C3. The summed E-state index contributed by atoms with van der Waals surface area (Å²) < 4.78 is 7.64. The van der Waals surface area contributed by atoms with Gasteiger partial charge in [0.25, 0.3) is 0 Å². The largest absolute Gasteiger partial charge is 0.497 e. The summed E-state index contributed by atoms with van der Waals surface area (Å²) in [6, 6.07) is 14.5. The Morgan fingerprint density at radius 1 is 1.10 bits per heavy atom. The standard InChI is InChI=1S/C26H29N3O2/c1-18(30)23-16-29(26-8-4-3-7-21(23)26)13-6-5-12-28-14-11-20-22-15-19(31-2)9-10-24(22)27-25(20)17-28/h3-4,7-10,15-16,27H,5-6,11-14,17H2,1-2H3. The van der Waals surface area contributed by atoms with E-state index in [-0.39, 0.29) is 5.78 Å². The molecule has 31 heavy (non-hydrogen) atoms. The molecule has 0 atom stereocenters. The molecule has 0 amide bonds. The lowest BCUT2D eigenvalue weighted by Crippen LogP contribution is -2.31. The van der Waals surface area contributed by atoms with Gasteiger partial charge < -0.3 is 14.3 Å². The van der Waals surface area contributed by atoms with Crippen LogP contribution in [0.5, 0.6) is 5.75 Å². The fourth-order valence-electron chi connectivity index (χ4n) is 4.92. The van der Waals surface area contributed by atoms with Crippen LogP contribution in [0, 0.1) is 0 Å².